The number of hydrogen-bond donors (Lipinski definition) is 2. The molecule has 0 unspecified atom stereocenters. The number of benzene rings is 2. The molecule has 0 aliphatic heterocycles. The van der Waals surface area contributed by atoms with Crippen LogP contribution < -0.4 is 10.3 Å². The van der Waals surface area contributed by atoms with Crippen molar-refractivity contribution in [2.24, 2.45) is 0 Å². The van der Waals surface area contributed by atoms with Gasteiger partial charge in [-0.2, -0.15) is 0 Å². The molecule has 6 heteroatoms. The minimum Gasteiger partial charge on any atom is -0.322 e. The monoisotopic (exact) mass is 356 g/mol. The molecule has 1 aromatic heterocycles. The van der Waals surface area contributed by atoms with Crippen molar-refractivity contribution < 1.29 is 8.42 Å². The summed E-state index contributed by atoms with van der Waals surface area (Å²) >= 11 is 0. The predicted molar refractivity (Wildman–Crippen MR) is 100 cm³/mol. The first kappa shape index (κ1) is 17.4. The van der Waals surface area contributed by atoms with E-state index < -0.39 is 10.0 Å². The summed E-state index contributed by atoms with van der Waals surface area (Å²) in [4.78, 5) is 15.0. The minimum absolute atomic E-state index is 0.0683. The highest BCUT2D eigenvalue weighted by atomic mass is 32.2. The summed E-state index contributed by atoms with van der Waals surface area (Å²) in [6, 6.07) is 16.6. The highest BCUT2D eigenvalue weighted by Crippen LogP contribution is 2.13. The van der Waals surface area contributed by atoms with Crippen molar-refractivity contribution in [2.45, 2.75) is 19.1 Å². The third-order valence-corrected chi connectivity index (χ3v) is 5.35. The van der Waals surface area contributed by atoms with Gasteiger partial charge in [-0.15, -0.1) is 0 Å². The Morgan fingerprint density at radius 2 is 1.80 bits per heavy atom. The standard InChI is InChI=1S/C19H20N2O3S/c1-14-7-8-18-17(11-14)12-16(19(22)21-18)9-10-20-25(23,24)13-15-5-3-2-4-6-15/h2-8,11-12,20H,9-10,13H2,1H3,(H,21,22). The topological polar surface area (TPSA) is 79.0 Å². The first-order chi connectivity index (χ1) is 11.9. The third-order valence-electron chi connectivity index (χ3n) is 3.99. The molecular weight excluding hydrogens is 336 g/mol. The predicted octanol–water partition coefficient (Wildman–Crippen LogP) is 2.50. The first-order valence-electron chi connectivity index (χ1n) is 8.07. The van der Waals surface area contributed by atoms with E-state index in [1.807, 2.05) is 49.4 Å². The molecule has 0 saturated heterocycles. The van der Waals surface area contributed by atoms with Gasteiger partial charge < -0.3 is 4.98 Å². The van der Waals surface area contributed by atoms with E-state index in [0.29, 0.717) is 12.0 Å². The summed E-state index contributed by atoms with van der Waals surface area (Å²) in [5.41, 5.74) is 3.01. The van der Waals surface area contributed by atoms with Gasteiger partial charge >= 0.3 is 0 Å². The van der Waals surface area contributed by atoms with Crippen molar-refractivity contribution in [3.63, 3.8) is 0 Å². The van der Waals surface area contributed by atoms with Gasteiger partial charge in [0.15, 0.2) is 0 Å². The molecule has 3 rings (SSSR count). The maximum absolute atomic E-state index is 12.1. The Kier molecular flexibility index (Phi) is 5.01. The summed E-state index contributed by atoms with van der Waals surface area (Å²) in [5, 5.41) is 0.946. The second-order valence-corrected chi connectivity index (χ2v) is 7.91. The van der Waals surface area contributed by atoms with Crippen molar-refractivity contribution in [1.29, 1.82) is 0 Å². The van der Waals surface area contributed by atoms with Gasteiger partial charge in [0.05, 0.1) is 5.75 Å². The Balaban J connectivity index is 1.68. The second kappa shape index (κ2) is 7.21. The van der Waals surface area contributed by atoms with E-state index >= 15 is 0 Å². The average molecular weight is 356 g/mol. The molecule has 2 N–H and O–H groups in total. The van der Waals surface area contributed by atoms with Crippen LogP contribution in [0.15, 0.2) is 59.4 Å². The van der Waals surface area contributed by atoms with Gasteiger partial charge in [0, 0.05) is 17.6 Å². The Labute approximate surface area is 146 Å². The van der Waals surface area contributed by atoms with Gasteiger partial charge in [-0.1, -0.05) is 42.0 Å². The number of rotatable bonds is 6. The van der Waals surface area contributed by atoms with Crippen LogP contribution in [0.3, 0.4) is 0 Å². The van der Waals surface area contributed by atoms with Gasteiger partial charge in [0.25, 0.3) is 5.56 Å². The van der Waals surface area contributed by atoms with Crippen LogP contribution in [0.5, 0.6) is 0 Å². The van der Waals surface area contributed by atoms with E-state index in [-0.39, 0.29) is 17.9 Å². The molecule has 0 amide bonds. The SMILES string of the molecule is Cc1ccc2[nH]c(=O)c(CCNS(=O)(=O)Cc3ccccc3)cc2c1. The molecule has 25 heavy (non-hydrogen) atoms. The molecule has 5 nitrogen and oxygen atoms in total. The maximum Gasteiger partial charge on any atom is 0.251 e. The molecule has 0 radical (unpaired) electrons. The lowest BCUT2D eigenvalue weighted by Crippen LogP contribution is -2.28. The van der Waals surface area contributed by atoms with Crippen molar-refractivity contribution in [3.05, 3.63) is 81.6 Å². The summed E-state index contributed by atoms with van der Waals surface area (Å²) in [6.07, 6.45) is 0.341. The van der Waals surface area contributed by atoms with E-state index in [1.54, 1.807) is 12.1 Å². The number of sulfonamides is 1. The fraction of sp³-hybridized carbons (Fsp3) is 0.211. The van der Waals surface area contributed by atoms with E-state index in [2.05, 4.69) is 9.71 Å². The molecule has 3 aromatic rings. The Hall–Kier alpha value is -2.44. The fourth-order valence-electron chi connectivity index (χ4n) is 2.74. The van der Waals surface area contributed by atoms with Crippen molar-refractivity contribution in [1.82, 2.24) is 9.71 Å². The lowest BCUT2D eigenvalue weighted by Gasteiger charge is -2.07. The number of H-pyrrole nitrogens is 1. The van der Waals surface area contributed by atoms with Crippen LogP contribution in [0, 0.1) is 6.92 Å². The molecular formula is C19H20N2O3S. The van der Waals surface area contributed by atoms with Crippen LogP contribution in [-0.2, 0) is 22.2 Å². The molecule has 2 aromatic carbocycles. The fourth-order valence-corrected chi connectivity index (χ4v) is 3.89. The summed E-state index contributed by atoms with van der Waals surface area (Å²) < 4.78 is 26.8. The minimum atomic E-state index is -3.43. The summed E-state index contributed by atoms with van der Waals surface area (Å²) in [6.45, 7) is 2.18. The molecule has 0 spiro atoms. The summed E-state index contributed by atoms with van der Waals surface area (Å²) in [5.74, 6) is -0.0683. The normalized spacial score (nSPS) is 11.7. The van der Waals surface area contributed by atoms with Crippen LogP contribution in [0.2, 0.25) is 0 Å². The van der Waals surface area contributed by atoms with Gasteiger partial charge in [0.2, 0.25) is 10.0 Å². The van der Waals surface area contributed by atoms with E-state index in [9.17, 15) is 13.2 Å². The van der Waals surface area contributed by atoms with Crippen LogP contribution in [0.1, 0.15) is 16.7 Å². The number of aromatic amines is 1. The van der Waals surface area contributed by atoms with E-state index in [4.69, 9.17) is 0 Å². The number of pyridine rings is 1. The van der Waals surface area contributed by atoms with Gasteiger partial charge in [-0.25, -0.2) is 13.1 Å². The molecule has 1 heterocycles. The van der Waals surface area contributed by atoms with Crippen molar-refractivity contribution >= 4 is 20.9 Å². The molecule has 0 aliphatic rings. The van der Waals surface area contributed by atoms with Crippen LogP contribution in [0.25, 0.3) is 10.9 Å². The highest BCUT2D eigenvalue weighted by Gasteiger charge is 2.11. The van der Waals surface area contributed by atoms with E-state index in [1.165, 1.54) is 0 Å². The number of nitrogens with one attached hydrogen (secondary N) is 2. The first-order valence-corrected chi connectivity index (χ1v) is 9.72. The van der Waals surface area contributed by atoms with Gasteiger partial charge in [0.1, 0.15) is 0 Å². The zero-order valence-corrected chi connectivity index (χ0v) is 14.8. The van der Waals surface area contributed by atoms with Gasteiger partial charge in [-0.05, 0) is 42.5 Å². The smallest absolute Gasteiger partial charge is 0.251 e. The van der Waals surface area contributed by atoms with Crippen molar-refractivity contribution in [3.8, 4) is 0 Å². The second-order valence-electron chi connectivity index (χ2n) is 6.10. The lowest BCUT2D eigenvalue weighted by atomic mass is 10.1. The van der Waals surface area contributed by atoms with Gasteiger partial charge in [-0.3, -0.25) is 4.79 Å². The zero-order chi connectivity index (χ0) is 17.9. The Bertz CT molecular complexity index is 1040. The number of aryl methyl sites for hydroxylation is 1. The molecule has 0 bridgehead atoms. The van der Waals surface area contributed by atoms with Crippen LogP contribution in [-0.4, -0.2) is 19.9 Å². The Morgan fingerprint density at radius 3 is 2.56 bits per heavy atom. The number of hydrogen-bond acceptors (Lipinski definition) is 3. The molecule has 0 fully saturated rings. The largest absolute Gasteiger partial charge is 0.322 e. The Morgan fingerprint density at radius 1 is 1.04 bits per heavy atom. The van der Waals surface area contributed by atoms with E-state index in [0.717, 1.165) is 22.0 Å². The molecule has 0 aliphatic carbocycles. The number of aromatic nitrogens is 1. The molecule has 130 valence electrons. The third kappa shape index (κ3) is 4.55. The molecule has 0 saturated carbocycles. The quantitative estimate of drug-likeness (QED) is 0.712. The summed E-state index contributed by atoms with van der Waals surface area (Å²) in [7, 11) is -3.43. The zero-order valence-electron chi connectivity index (χ0n) is 14.0. The van der Waals surface area contributed by atoms with Crippen LogP contribution in [0.4, 0.5) is 0 Å². The molecule has 0 atom stereocenters. The van der Waals surface area contributed by atoms with Crippen molar-refractivity contribution in [2.75, 3.05) is 6.54 Å². The number of fused-ring (bicyclic) bond motifs is 1. The highest BCUT2D eigenvalue weighted by molar-refractivity contribution is 7.88. The average Bonchev–Trinajstić information content (AvgIpc) is 2.56. The maximum atomic E-state index is 12.1. The van der Waals surface area contributed by atoms with Crippen LogP contribution >= 0.6 is 0 Å². The lowest BCUT2D eigenvalue weighted by molar-refractivity contribution is 0.580.